The first-order valence-electron chi connectivity index (χ1n) is 3.78. The van der Waals surface area contributed by atoms with Crippen LogP contribution in [0, 0.1) is 12.8 Å². The fourth-order valence-electron chi connectivity index (χ4n) is 1.22. The summed E-state index contributed by atoms with van der Waals surface area (Å²) in [6.07, 6.45) is 2.65. The maximum atomic E-state index is 2.27. The van der Waals surface area contributed by atoms with Crippen LogP contribution in [0.25, 0.3) is 0 Å². The molecule has 0 amide bonds. The van der Waals surface area contributed by atoms with Gasteiger partial charge in [-0.25, -0.2) is 0 Å². The summed E-state index contributed by atoms with van der Waals surface area (Å²) in [5.41, 5.74) is 2.83. The molecule has 0 aliphatic heterocycles. The van der Waals surface area contributed by atoms with Gasteiger partial charge in [-0.1, -0.05) is 29.8 Å². The van der Waals surface area contributed by atoms with Gasteiger partial charge in [-0.2, -0.15) is 0 Å². The standard InChI is InChI=1S/C10H11/c1-8-3-2-4-10(7-8)9-5-6-9/h2-4,7H,5-6H2,1H3. The Labute approximate surface area is 61.9 Å². The molecular formula is C10H11. The molecule has 51 valence electrons. The van der Waals surface area contributed by atoms with Crippen molar-refractivity contribution >= 4 is 0 Å². The van der Waals surface area contributed by atoms with Crippen LogP contribution >= 0.6 is 0 Å². The van der Waals surface area contributed by atoms with Gasteiger partial charge in [0, 0.05) is 5.92 Å². The van der Waals surface area contributed by atoms with E-state index in [4.69, 9.17) is 0 Å². The van der Waals surface area contributed by atoms with E-state index in [0.29, 0.717) is 0 Å². The first-order valence-corrected chi connectivity index (χ1v) is 3.78. The van der Waals surface area contributed by atoms with Gasteiger partial charge < -0.3 is 0 Å². The Morgan fingerprint density at radius 3 is 2.60 bits per heavy atom. The molecule has 1 aromatic rings. The van der Waals surface area contributed by atoms with E-state index in [1.807, 2.05) is 0 Å². The highest BCUT2D eigenvalue weighted by atomic mass is 14.3. The van der Waals surface area contributed by atoms with Gasteiger partial charge >= 0.3 is 0 Å². The third-order valence-corrected chi connectivity index (χ3v) is 1.93. The van der Waals surface area contributed by atoms with Crippen LogP contribution in [-0.2, 0) is 0 Å². The van der Waals surface area contributed by atoms with E-state index >= 15 is 0 Å². The van der Waals surface area contributed by atoms with Crippen LogP contribution in [0.3, 0.4) is 0 Å². The second kappa shape index (κ2) is 2.12. The lowest BCUT2D eigenvalue weighted by atomic mass is 10.1. The summed E-state index contributed by atoms with van der Waals surface area (Å²) < 4.78 is 0. The lowest BCUT2D eigenvalue weighted by Gasteiger charge is -1.96. The van der Waals surface area contributed by atoms with Gasteiger partial charge in [0.15, 0.2) is 0 Å². The van der Waals surface area contributed by atoms with Crippen LogP contribution in [0.15, 0.2) is 24.3 Å². The SMILES string of the molecule is Cc1cccc([C]2CC2)c1. The van der Waals surface area contributed by atoms with Crippen molar-refractivity contribution in [2.24, 2.45) is 0 Å². The van der Waals surface area contributed by atoms with Crippen molar-refractivity contribution < 1.29 is 0 Å². The maximum absolute atomic E-state index is 2.27. The fourth-order valence-corrected chi connectivity index (χ4v) is 1.22. The third kappa shape index (κ3) is 1.06. The maximum Gasteiger partial charge on any atom is 0.00505 e. The van der Waals surface area contributed by atoms with Gasteiger partial charge in [0.2, 0.25) is 0 Å². The molecule has 0 N–H and O–H groups in total. The number of benzene rings is 1. The van der Waals surface area contributed by atoms with Gasteiger partial charge in [-0.05, 0) is 25.3 Å². The largest absolute Gasteiger partial charge is 0.0617 e. The second-order valence-corrected chi connectivity index (χ2v) is 2.97. The lowest BCUT2D eigenvalue weighted by Crippen LogP contribution is -1.79. The first kappa shape index (κ1) is 5.96. The van der Waals surface area contributed by atoms with Crippen LogP contribution in [0.2, 0.25) is 0 Å². The molecule has 1 radical (unpaired) electrons. The lowest BCUT2D eigenvalue weighted by molar-refractivity contribution is 1.36. The summed E-state index contributed by atoms with van der Waals surface area (Å²) >= 11 is 0. The van der Waals surface area contributed by atoms with Crippen molar-refractivity contribution in [1.29, 1.82) is 0 Å². The molecule has 1 aromatic carbocycles. The molecule has 1 aliphatic carbocycles. The van der Waals surface area contributed by atoms with Gasteiger partial charge in [0.25, 0.3) is 0 Å². The van der Waals surface area contributed by atoms with Crippen molar-refractivity contribution in [3.63, 3.8) is 0 Å². The molecule has 1 aliphatic rings. The van der Waals surface area contributed by atoms with E-state index < -0.39 is 0 Å². The molecule has 0 nitrogen and oxygen atoms in total. The summed E-state index contributed by atoms with van der Waals surface area (Å²) in [4.78, 5) is 0. The molecule has 2 rings (SSSR count). The summed E-state index contributed by atoms with van der Waals surface area (Å²) in [5.74, 6) is 1.63. The van der Waals surface area contributed by atoms with Crippen LogP contribution in [0.5, 0.6) is 0 Å². The zero-order valence-corrected chi connectivity index (χ0v) is 6.22. The highest BCUT2D eigenvalue weighted by molar-refractivity contribution is 5.39. The number of rotatable bonds is 1. The minimum Gasteiger partial charge on any atom is -0.0617 e. The van der Waals surface area contributed by atoms with Gasteiger partial charge in [-0.15, -0.1) is 0 Å². The molecule has 0 atom stereocenters. The highest BCUT2D eigenvalue weighted by Crippen LogP contribution is 2.38. The van der Waals surface area contributed by atoms with Crippen LogP contribution in [0.4, 0.5) is 0 Å². The average Bonchev–Trinajstić information content (AvgIpc) is 2.68. The van der Waals surface area contributed by atoms with Crippen molar-refractivity contribution in [3.8, 4) is 0 Å². The topological polar surface area (TPSA) is 0 Å². The predicted molar refractivity (Wildman–Crippen MR) is 42.8 cm³/mol. The molecule has 0 heteroatoms. The van der Waals surface area contributed by atoms with E-state index in [1.165, 1.54) is 24.0 Å². The second-order valence-electron chi connectivity index (χ2n) is 2.97. The van der Waals surface area contributed by atoms with Crippen LogP contribution in [-0.4, -0.2) is 0 Å². The van der Waals surface area contributed by atoms with Crippen molar-refractivity contribution in [2.75, 3.05) is 0 Å². The quantitative estimate of drug-likeness (QED) is 0.549. The molecule has 0 spiro atoms. The Kier molecular flexibility index (Phi) is 1.26. The Hall–Kier alpha value is -0.780. The smallest absolute Gasteiger partial charge is 0.00505 e. The van der Waals surface area contributed by atoms with E-state index in [2.05, 4.69) is 31.2 Å². The molecule has 0 aromatic heterocycles. The Morgan fingerprint density at radius 2 is 2.00 bits per heavy atom. The van der Waals surface area contributed by atoms with Crippen molar-refractivity contribution in [2.45, 2.75) is 19.8 Å². The molecule has 1 saturated carbocycles. The van der Waals surface area contributed by atoms with Gasteiger partial charge in [0.1, 0.15) is 0 Å². The van der Waals surface area contributed by atoms with Gasteiger partial charge in [-0.3, -0.25) is 0 Å². The molecule has 0 unspecified atom stereocenters. The molecule has 0 bridgehead atoms. The van der Waals surface area contributed by atoms with Crippen LogP contribution in [0.1, 0.15) is 24.0 Å². The minimum atomic E-state index is 1.32. The highest BCUT2D eigenvalue weighted by Gasteiger charge is 2.23. The molecular weight excluding hydrogens is 120 g/mol. The minimum absolute atomic E-state index is 1.32. The van der Waals surface area contributed by atoms with E-state index in [1.54, 1.807) is 5.92 Å². The Balaban J connectivity index is 2.32. The summed E-state index contributed by atoms with van der Waals surface area (Å²) in [6, 6.07) is 8.75. The zero-order chi connectivity index (χ0) is 6.97. The fraction of sp³-hybridized carbons (Fsp3) is 0.300. The van der Waals surface area contributed by atoms with Crippen molar-refractivity contribution in [1.82, 2.24) is 0 Å². The molecule has 10 heavy (non-hydrogen) atoms. The number of hydrogen-bond donors (Lipinski definition) is 0. The molecule has 0 heterocycles. The summed E-state index contributed by atoms with van der Waals surface area (Å²) in [5, 5.41) is 0. The predicted octanol–water partition coefficient (Wildman–Crippen LogP) is 2.71. The van der Waals surface area contributed by atoms with E-state index in [0.717, 1.165) is 0 Å². The average molecular weight is 131 g/mol. The normalized spacial score (nSPS) is 17.3. The molecule has 1 fully saturated rings. The third-order valence-electron chi connectivity index (χ3n) is 1.93. The van der Waals surface area contributed by atoms with E-state index in [9.17, 15) is 0 Å². The number of hydrogen-bond acceptors (Lipinski definition) is 0. The van der Waals surface area contributed by atoms with Gasteiger partial charge in [0.05, 0.1) is 0 Å². The van der Waals surface area contributed by atoms with E-state index in [-0.39, 0.29) is 0 Å². The zero-order valence-electron chi connectivity index (χ0n) is 6.22. The summed E-state index contributed by atoms with van der Waals surface area (Å²) in [6.45, 7) is 2.15. The molecule has 0 saturated heterocycles. The van der Waals surface area contributed by atoms with Crippen LogP contribution < -0.4 is 0 Å². The van der Waals surface area contributed by atoms with Crippen molar-refractivity contribution in [3.05, 3.63) is 41.3 Å². The first-order chi connectivity index (χ1) is 4.86. The summed E-state index contributed by atoms with van der Waals surface area (Å²) in [7, 11) is 0. The number of aryl methyl sites for hydroxylation is 1. The Bertz CT molecular complexity index is 234. The Morgan fingerprint density at radius 1 is 1.20 bits per heavy atom. The monoisotopic (exact) mass is 131 g/mol.